The number of likely N-dealkylation sites (tertiary alicyclic amines) is 1. The van der Waals surface area contributed by atoms with Crippen molar-refractivity contribution in [3.8, 4) is 0 Å². The Kier molecular flexibility index (Phi) is 9.50. The van der Waals surface area contributed by atoms with Crippen LogP contribution in [0.4, 0.5) is 0 Å². The predicted molar refractivity (Wildman–Crippen MR) is 69.5 cm³/mol. The third-order valence-electron chi connectivity index (χ3n) is 2.56. The first kappa shape index (κ1) is 17.1. The van der Waals surface area contributed by atoms with Gasteiger partial charge in [-0.3, -0.25) is 4.79 Å². The number of carbonyl (C=O) groups excluding carboxylic acids is 2. The largest absolute Gasteiger partial charge is 0.461 e. The molecule has 1 aliphatic heterocycles. The zero-order chi connectivity index (χ0) is 14.0. The Hall–Kier alpha value is -0.940. The quantitative estimate of drug-likeness (QED) is 0.711. The monoisotopic (exact) mass is 259 g/mol. The fourth-order valence-corrected chi connectivity index (χ4v) is 1.74. The van der Waals surface area contributed by atoms with Crippen LogP contribution in [0, 0.1) is 0 Å². The molecule has 1 heterocycles. The second kappa shape index (κ2) is 10.0. The van der Waals surface area contributed by atoms with Gasteiger partial charge in [0.1, 0.15) is 11.9 Å². The number of hydrogen-bond acceptors (Lipinski definition) is 5. The van der Waals surface area contributed by atoms with Gasteiger partial charge in [-0.05, 0) is 33.4 Å². The Balaban J connectivity index is 0.000000873. The summed E-state index contributed by atoms with van der Waals surface area (Å²) in [6.45, 7) is 3.37. The molecule has 1 atom stereocenters. The van der Waals surface area contributed by atoms with Crippen molar-refractivity contribution < 1.29 is 19.1 Å². The van der Waals surface area contributed by atoms with Crippen LogP contribution >= 0.6 is 0 Å². The Bertz CT molecular complexity index is 255. The lowest BCUT2D eigenvalue weighted by atomic mass is 10.1. The molecule has 0 aromatic carbocycles. The molecule has 5 nitrogen and oxygen atoms in total. The molecule has 0 aromatic heterocycles. The lowest BCUT2D eigenvalue weighted by molar-refractivity contribution is -0.152. The fourth-order valence-electron chi connectivity index (χ4n) is 1.74. The number of esters is 1. The summed E-state index contributed by atoms with van der Waals surface area (Å²) in [7, 11) is 5.27. The number of ketones is 1. The second-order valence-electron chi connectivity index (χ2n) is 4.63. The number of ether oxygens (including phenoxy) is 2. The van der Waals surface area contributed by atoms with Gasteiger partial charge in [0.15, 0.2) is 0 Å². The maximum atomic E-state index is 11.3. The molecule has 5 heteroatoms. The molecule has 0 N–H and O–H groups in total. The van der Waals surface area contributed by atoms with Crippen LogP contribution in [0.1, 0.15) is 32.6 Å². The zero-order valence-electron chi connectivity index (χ0n) is 11.9. The summed E-state index contributed by atoms with van der Waals surface area (Å²) in [6, 6.07) is 0. The maximum absolute atomic E-state index is 11.3. The lowest BCUT2D eigenvalue weighted by Crippen LogP contribution is -2.38. The second-order valence-corrected chi connectivity index (χ2v) is 4.63. The van der Waals surface area contributed by atoms with Crippen molar-refractivity contribution in [2.24, 2.45) is 0 Å². The van der Waals surface area contributed by atoms with E-state index in [9.17, 15) is 9.59 Å². The molecule has 0 spiro atoms. The predicted octanol–water partition coefficient (Wildman–Crippen LogP) is 1.26. The van der Waals surface area contributed by atoms with Crippen LogP contribution in [0.25, 0.3) is 0 Å². The van der Waals surface area contributed by atoms with Crippen LogP contribution in [0.3, 0.4) is 0 Å². The summed E-state index contributed by atoms with van der Waals surface area (Å²) in [4.78, 5) is 24.2. The van der Waals surface area contributed by atoms with Gasteiger partial charge in [-0.25, -0.2) is 0 Å². The van der Waals surface area contributed by atoms with Gasteiger partial charge in [-0.15, -0.1) is 0 Å². The Morgan fingerprint density at radius 3 is 2.39 bits per heavy atom. The van der Waals surface area contributed by atoms with Gasteiger partial charge in [0.05, 0.1) is 6.42 Å². The average molecular weight is 259 g/mol. The van der Waals surface area contributed by atoms with Gasteiger partial charge < -0.3 is 19.2 Å². The van der Waals surface area contributed by atoms with Crippen molar-refractivity contribution in [1.29, 1.82) is 0 Å². The van der Waals surface area contributed by atoms with Gasteiger partial charge in [-0.1, -0.05) is 0 Å². The number of piperidine rings is 1. The van der Waals surface area contributed by atoms with Gasteiger partial charge in [-0.2, -0.15) is 0 Å². The molecule has 106 valence electrons. The molecule has 0 amide bonds. The molecular formula is C13H25NO4. The highest BCUT2D eigenvalue weighted by Crippen LogP contribution is 2.12. The Morgan fingerprint density at radius 2 is 1.89 bits per heavy atom. The van der Waals surface area contributed by atoms with Gasteiger partial charge >= 0.3 is 5.97 Å². The van der Waals surface area contributed by atoms with Gasteiger partial charge in [0.2, 0.25) is 0 Å². The van der Waals surface area contributed by atoms with E-state index in [-0.39, 0.29) is 24.3 Å². The molecule has 0 aliphatic carbocycles. The van der Waals surface area contributed by atoms with E-state index in [0.717, 1.165) is 25.9 Å². The van der Waals surface area contributed by atoms with E-state index in [0.29, 0.717) is 6.42 Å². The minimum atomic E-state index is -0.245. The number of nitrogens with zero attached hydrogens (tertiary/aromatic N) is 1. The number of hydrogen-bond donors (Lipinski definition) is 0. The van der Waals surface area contributed by atoms with E-state index in [4.69, 9.17) is 4.74 Å². The molecule has 1 saturated heterocycles. The van der Waals surface area contributed by atoms with E-state index >= 15 is 0 Å². The molecular weight excluding hydrogens is 234 g/mol. The Labute approximate surface area is 109 Å². The molecule has 0 bridgehead atoms. The summed E-state index contributed by atoms with van der Waals surface area (Å²) in [5.41, 5.74) is 0. The van der Waals surface area contributed by atoms with E-state index in [1.807, 2.05) is 7.05 Å². The number of rotatable bonds is 4. The molecule has 0 aromatic rings. The fraction of sp³-hybridized carbons (Fsp3) is 0.846. The first-order valence-electron chi connectivity index (χ1n) is 6.27. The highest BCUT2D eigenvalue weighted by Gasteiger charge is 2.20. The molecule has 0 saturated carbocycles. The summed E-state index contributed by atoms with van der Waals surface area (Å²) in [6.07, 6.45) is 2.54. The van der Waals surface area contributed by atoms with Crippen molar-refractivity contribution >= 4 is 11.8 Å². The smallest absolute Gasteiger partial charge is 0.306 e. The summed E-state index contributed by atoms with van der Waals surface area (Å²) in [5.74, 6) is -0.210. The highest BCUT2D eigenvalue weighted by molar-refractivity contribution is 5.81. The average Bonchev–Trinajstić information content (AvgIpc) is 2.27. The highest BCUT2D eigenvalue weighted by atomic mass is 16.5. The Morgan fingerprint density at radius 1 is 1.28 bits per heavy atom. The van der Waals surface area contributed by atoms with Crippen molar-refractivity contribution in [2.45, 2.75) is 38.7 Å². The molecule has 1 rings (SSSR count). The van der Waals surface area contributed by atoms with Crippen LogP contribution in [0.2, 0.25) is 0 Å². The summed E-state index contributed by atoms with van der Waals surface area (Å²) < 4.78 is 9.53. The molecule has 18 heavy (non-hydrogen) atoms. The van der Waals surface area contributed by atoms with Crippen molar-refractivity contribution in [1.82, 2.24) is 4.90 Å². The van der Waals surface area contributed by atoms with Crippen LogP contribution < -0.4 is 0 Å². The minimum Gasteiger partial charge on any atom is -0.461 e. The van der Waals surface area contributed by atoms with Crippen molar-refractivity contribution in [3.05, 3.63) is 0 Å². The molecule has 1 aliphatic rings. The van der Waals surface area contributed by atoms with Gasteiger partial charge in [0, 0.05) is 27.2 Å². The number of likely N-dealkylation sites (N-methyl/N-ethyl adjacent to an activating group) is 1. The normalized spacial score (nSPS) is 19.7. The van der Waals surface area contributed by atoms with Crippen LogP contribution in [0.15, 0.2) is 0 Å². The van der Waals surface area contributed by atoms with E-state index in [1.54, 1.807) is 14.2 Å². The van der Waals surface area contributed by atoms with Crippen LogP contribution in [-0.4, -0.2) is 57.1 Å². The molecule has 1 fully saturated rings. The molecule has 0 radical (unpaired) electrons. The van der Waals surface area contributed by atoms with Crippen LogP contribution in [-0.2, 0) is 19.1 Å². The third kappa shape index (κ3) is 9.13. The van der Waals surface area contributed by atoms with E-state index in [1.165, 1.54) is 6.92 Å². The van der Waals surface area contributed by atoms with Crippen LogP contribution in [0.5, 0.6) is 0 Å². The number of Topliss-reactive ketones (excluding diaryl/α,β-unsaturated/α-hetero) is 1. The zero-order valence-corrected chi connectivity index (χ0v) is 11.9. The van der Waals surface area contributed by atoms with E-state index in [2.05, 4.69) is 9.64 Å². The van der Waals surface area contributed by atoms with E-state index < -0.39 is 0 Å². The first-order valence-corrected chi connectivity index (χ1v) is 6.27. The standard InChI is InChI=1S/C11H19NO3.C2H6O/c1-9(13)5-6-11(14)15-10-4-3-7-12(2)8-10;1-3-2/h10H,3-8H2,1-2H3;1-2H3. The minimum absolute atomic E-state index is 0.0169. The summed E-state index contributed by atoms with van der Waals surface area (Å²) >= 11 is 0. The maximum Gasteiger partial charge on any atom is 0.306 e. The number of methoxy groups -OCH3 is 1. The lowest BCUT2D eigenvalue weighted by Gasteiger charge is -2.29. The third-order valence-corrected chi connectivity index (χ3v) is 2.56. The summed E-state index contributed by atoms with van der Waals surface area (Å²) in [5, 5.41) is 0. The SMILES string of the molecule is CC(=O)CCC(=O)OC1CCCN(C)C1.COC. The first-order chi connectivity index (χ1) is 8.49. The number of carbonyl (C=O) groups is 2. The topological polar surface area (TPSA) is 55.8 Å². The van der Waals surface area contributed by atoms with Crippen molar-refractivity contribution in [2.75, 3.05) is 34.4 Å². The molecule has 1 unspecified atom stereocenters. The van der Waals surface area contributed by atoms with Crippen molar-refractivity contribution in [3.63, 3.8) is 0 Å². The van der Waals surface area contributed by atoms with Gasteiger partial charge in [0.25, 0.3) is 0 Å².